The highest BCUT2D eigenvalue weighted by atomic mass is 35.5. The molecular weight excluding hydrogens is 550 g/mol. The van der Waals surface area contributed by atoms with Crippen molar-refractivity contribution in [3.63, 3.8) is 0 Å². The zero-order valence-electron chi connectivity index (χ0n) is 20.8. The lowest BCUT2D eigenvalue weighted by Gasteiger charge is -2.37. The van der Waals surface area contributed by atoms with Gasteiger partial charge in [-0.3, -0.25) is 4.79 Å². The van der Waals surface area contributed by atoms with Crippen molar-refractivity contribution in [1.82, 2.24) is 14.5 Å². The number of nitrogens with zero attached hydrogens (tertiary/aromatic N) is 4. The lowest BCUT2D eigenvalue weighted by Crippen LogP contribution is -2.36. The molecule has 200 valence electrons. The average Bonchev–Trinajstić information content (AvgIpc) is 3.60. The van der Waals surface area contributed by atoms with Gasteiger partial charge in [0.1, 0.15) is 15.6 Å². The van der Waals surface area contributed by atoms with Crippen LogP contribution in [0.2, 0.25) is 4.34 Å². The van der Waals surface area contributed by atoms with Gasteiger partial charge in [0.15, 0.2) is 11.7 Å². The number of benzene rings is 3. The normalized spacial score (nSPS) is 11.7. The van der Waals surface area contributed by atoms with Crippen LogP contribution in [0.3, 0.4) is 0 Å². The van der Waals surface area contributed by atoms with E-state index >= 15 is 0 Å². The molecule has 0 spiro atoms. The van der Waals surface area contributed by atoms with E-state index in [4.69, 9.17) is 16.4 Å². The van der Waals surface area contributed by atoms with Gasteiger partial charge >= 0.3 is 5.97 Å². The first-order valence-corrected chi connectivity index (χ1v) is 13.2. The zero-order valence-corrected chi connectivity index (χ0v) is 22.4. The van der Waals surface area contributed by atoms with Crippen LogP contribution < -0.4 is 5.32 Å². The van der Waals surface area contributed by atoms with E-state index in [2.05, 4.69) is 56.8 Å². The number of aliphatic carboxylic acids is 1. The standard InChI is InChI=1S/C29H22ClN5O4S/c30-26-24(33-28(40-26)32-19-36)25(27(37)38)34-39-17-23-16-35(18-31-23)29(20-10-4-1-5-11-20,21-12-6-2-7-13-21)22-14-8-3-9-15-22/h1-16,18-19H,17H2,(H,37,38)(H,32,33,36)/b34-25-. The second kappa shape index (κ2) is 11.9. The highest BCUT2D eigenvalue weighted by Crippen LogP contribution is 2.40. The molecule has 40 heavy (non-hydrogen) atoms. The first-order valence-electron chi connectivity index (χ1n) is 12.0. The van der Waals surface area contributed by atoms with Crippen LogP contribution in [0.1, 0.15) is 28.1 Å². The van der Waals surface area contributed by atoms with Gasteiger partial charge in [-0.2, -0.15) is 0 Å². The number of imidazole rings is 1. The highest BCUT2D eigenvalue weighted by Gasteiger charge is 2.38. The maximum atomic E-state index is 11.9. The lowest BCUT2D eigenvalue weighted by atomic mass is 9.77. The first-order chi connectivity index (χ1) is 19.5. The molecule has 2 heterocycles. The third-order valence-corrected chi connectivity index (χ3v) is 7.35. The molecule has 0 atom stereocenters. The fraction of sp³-hybridized carbons (Fsp3) is 0.0690. The number of hydrogen-bond acceptors (Lipinski definition) is 7. The number of carbonyl (C=O) groups is 2. The molecule has 0 bridgehead atoms. The third kappa shape index (κ3) is 5.22. The van der Waals surface area contributed by atoms with Crippen LogP contribution >= 0.6 is 22.9 Å². The Hall–Kier alpha value is -4.80. The van der Waals surface area contributed by atoms with Gasteiger partial charge in [0.2, 0.25) is 12.1 Å². The van der Waals surface area contributed by atoms with Crippen molar-refractivity contribution in [2.75, 3.05) is 5.32 Å². The predicted molar refractivity (Wildman–Crippen MR) is 153 cm³/mol. The van der Waals surface area contributed by atoms with Crippen LogP contribution in [0, 0.1) is 0 Å². The van der Waals surface area contributed by atoms with Crippen LogP contribution in [0.5, 0.6) is 0 Å². The summed E-state index contributed by atoms with van der Waals surface area (Å²) < 4.78 is 2.07. The molecule has 0 saturated heterocycles. The smallest absolute Gasteiger partial charge is 0.360 e. The molecule has 0 aliphatic rings. The monoisotopic (exact) mass is 571 g/mol. The number of carboxylic acid groups (broad SMARTS) is 1. The van der Waals surface area contributed by atoms with Crippen molar-refractivity contribution < 1.29 is 19.5 Å². The summed E-state index contributed by atoms with van der Waals surface area (Å²) in [7, 11) is 0. The van der Waals surface area contributed by atoms with E-state index in [1.165, 1.54) is 0 Å². The van der Waals surface area contributed by atoms with E-state index in [0.717, 1.165) is 28.0 Å². The fourth-order valence-electron chi connectivity index (χ4n) is 4.51. The number of carboxylic acids is 1. The first kappa shape index (κ1) is 26.8. The summed E-state index contributed by atoms with van der Waals surface area (Å²) in [6.45, 7) is -0.112. The number of halogens is 1. The number of carbonyl (C=O) groups excluding carboxylic acids is 1. The lowest BCUT2D eigenvalue weighted by molar-refractivity contribution is -0.129. The molecule has 0 unspecified atom stereocenters. The zero-order chi connectivity index (χ0) is 28.0. The van der Waals surface area contributed by atoms with Gasteiger partial charge in [-0.25, -0.2) is 14.8 Å². The topological polar surface area (TPSA) is 119 Å². The molecule has 2 aromatic heterocycles. The number of hydrogen-bond donors (Lipinski definition) is 2. The Balaban J connectivity index is 1.52. The van der Waals surface area contributed by atoms with Gasteiger partial charge in [0, 0.05) is 6.20 Å². The van der Waals surface area contributed by atoms with Crippen molar-refractivity contribution in [3.05, 3.63) is 136 Å². The van der Waals surface area contributed by atoms with E-state index < -0.39 is 17.2 Å². The largest absolute Gasteiger partial charge is 0.476 e. The minimum absolute atomic E-state index is 0.0525. The van der Waals surface area contributed by atoms with Crippen molar-refractivity contribution in [2.45, 2.75) is 12.1 Å². The Labute approximate surface area is 238 Å². The van der Waals surface area contributed by atoms with Crippen LogP contribution in [-0.2, 0) is 26.6 Å². The molecule has 0 radical (unpaired) electrons. The molecular formula is C29H22ClN5O4S. The van der Waals surface area contributed by atoms with E-state index in [1.807, 2.05) is 65.4 Å². The molecule has 2 N–H and O–H groups in total. The number of nitrogens with one attached hydrogen (secondary N) is 1. The van der Waals surface area contributed by atoms with E-state index in [9.17, 15) is 14.7 Å². The Bertz CT molecular complexity index is 1540. The van der Waals surface area contributed by atoms with Crippen molar-refractivity contribution in [3.8, 4) is 0 Å². The third-order valence-electron chi connectivity index (χ3n) is 6.16. The Kier molecular flexibility index (Phi) is 7.99. The van der Waals surface area contributed by atoms with Gasteiger partial charge < -0.3 is 19.8 Å². The summed E-state index contributed by atoms with van der Waals surface area (Å²) >= 11 is 7.04. The summed E-state index contributed by atoms with van der Waals surface area (Å²) in [4.78, 5) is 36.5. The average molecular weight is 572 g/mol. The minimum Gasteiger partial charge on any atom is -0.476 e. The summed E-state index contributed by atoms with van der Waals surface area (Å²) in [6.07, 6.45) is 4.00. The summed E-state index contributed by atoms with van der Waals surface area (Å²) in [5.41, 5.74) is 2.26. The molecule has 3 aromatic carbocycles. The van der Waals surface area contributed by atoms with Crippen LogP contribution in [0.15, 0.2) is 109 Å². The SMILES string of the molecule is O=CNc1nc(/C(=N/OCc2cn(C(c3ccccc3)(c3ccccc3)c3ccccc3)cn2)C(=O)O)c(Cl)s1. The summed E-state index contributed by atoms with van der Waals surface area (Å²) in [5.74, 6) is -1.38. The molecule has 5 rings (SSSR count). The Morgan fingerprint density at radius 2 is 1.55 bits per heavy atom. The maximum Gasteiger partial charge on any atom is 0.360 e. The molecule has 0 fully saturated rings. The molecule has 9 nitrogen and oxygen atoms in total. The van der Waals surface area contributed by atoms with Gasteiger partial charge in [-0.05, 0) is 16.7 Å². The summed E-state index contributed by atoms with van der Waals surface area (Å²) in [6, 6.07) is 30.4. The number of aromatic nitrogens is 3. The number of rotatable bonds is 11. The second-order valence-electron chi connectivity index (χ2n) is 8.50. The van der Waals surface area contributed by atoms with Gasteiger partial charge in [0.25, 0.3) is 0 Å². The van der Waals surface area contributed by atoms with Crippen LogP contribution in [0.4, 0.5) is 5.13 Å². The van der Waals surface area contributed by atoms with Crippen molar-refractivity contribution in [2.24, 2.45) is 5.16 Å². The predicted octanol–water partition coefficient (Wildman–Crippen LogP) is 5.41. The molecule has 1 amide bonds. The second-order valence-corrected chi connectivity index (χ2v) is 10.1. The molecule has 5 aromatic rings. The van der Waals surface area contributed by atoms with Gasteiger partial charge in [-0.15, -0.1) is 0 Å². The quantitative estimate of drug-likeness (QED) is 0.0947. The van der Waals surface area contributed by atoms with Crippen molar-refractivity contribution in [1.29, 1.82) is 0 Å². The highest BCUT2D eigenvalue weighted by molar-refractivity contribution is 7.20. The Morgan fingerprint density at radius 3 is 2.05 bits per heavy atom. The number of amides is 1. The summed E-state index contributed by atoms with van der Waals surface area (Å²) in [5, 5.41) is 15.9. The van der Waals surface area contributed by atoms with E-state index in [-0.39, 0.29) is 21.8 Å². The molecule has 0 saturated carbocycles. The minimum atomic E-state index is -1.38. The van der Waals surface area contributed by atoms with Gasteiger partial charge in [0.05, 0.1) is 12.0 Å². The molecule has 0 aliphatic heterocycles. The van der Waals surface area contributed by atoms with E-state index in [1.54, 1.807) is 6.33 Å². The van der Waals surface area contributed by atoms with Crippen LogP contribution in [0.25, 0.3) is 0 Å². The fourth-order valence-corrected chi connectivity index (χ4v) is 5.52. The number of anilines is 1. The Morgan fingerprint density at radius 1 is 1.00 bits per heavy atom. The van der Waals surface area contributed by atoms with Crippen LogP contribution in [-0.4, -0.2) is 37.7 Å². The maximum absolute atomic E-state index is 11.9. The van der Waals surface area contributed by atoms with E-state index in [0.29, 0.717) is 12.1 Å². The number of oxime groups is 1. The molecule has 0 aliphatic carbocycles. The number of thiazole rings is 1. The van der Waals surface area contributed by atoms with Gasteiger partial charge in [-0.1, -0.05) is 119 Å². The van der Waals surface area contributed by atoms with Crippen molar-refractivity contribution >= 4 is 46.2 Å². The molecule has 11 heteroatoms.